The fraction of sp³-hybridized carbons (Fsp3) is 0.345. The van der Waals surface area contributed by atoms with Gasteiger partial charge >= 0.3 is 6.03 Å². The maximum atomic E-state index is 12.1. The summed E-state index contributed by atoms with van der Waals surface area (Å²) in [6.07, 6.45) is 6.46. The summed E-state index contributed by atoms with van der Waals surface area (Å²) in [5.41, 5.74) is 11.7. The normalized spacial score (nSPS) is 14.6. The molecule has 9 heteroatoms. The first-order valence-corrected chi connectivity index (χ1v) is 14.1. The van der Waals surface area contributed by atoms with Crippen molar-refractivity contribution in [2.75, 3.05) is 36.4 Å². The van der Waals surface area contributed by atoms with Crippen LogP contribution in [0.1, 0.15) is 29.8 Å². The minimum Gasteiger partial charge on any atom is -0.397 e. The molecule has 2 aromatic carbocycles. The van der Waals surface area contributed by atoms with Gasteiger partial charge in [-0.2, -0.15) is 0 Å². The van der Waals surface area contributed by atoms with E-state index in [2.05, 4.69) is 79.9 Å². The van der Waals surface area contributed by atoms with Crippen molar-refractivity contribution in [3.8, 4) is 0 Å². The molecule has 1 aliphatic heterocycles. The Morgan fingerprint density at radius 2 is 1.89 bits per heavy atom. The van der Waals surface area contributed by atoms with Crippen molar-refractivity contribution in [3.63, 3.8) is 0 Å². The average molecular weight is 530 g/mol. The van der Waals surface area contributed by atoms with Crippen molar-refractivity contribution >= 4 is 40.4 Å². The molecular weight excluding hydrogens is 494 g/mol. The number of imidazole rings is 1. The number of anilines is 2. The zero-order valence-corrected chi connectivity index (χ0v) is 22.6. The molecule has 38 heavy (non-hydrogen) atoms. The third-order valence-electron chi connectivity index (χ3n) is 7.15. The molecule has 198 valence electrons. The van der Waals surface area contributed by atoms with Gasteiger partial charge in [0.2, 0.25) is 0 Å². The predicted molar refractivity (Wildman–Crippen MR) is 156 cm³/mol. The Morgan fingerprint density at radius 1 is 1.11 bits per heavy atom. The first-order chi connectivity index (χ1) is 18.5. The molecule has 0 spiro atoms. The second-order valence-corrected chi connectivity index (χ2v) is 10.8. The Hall–Kier alpha value is -3.56. The van der Waals surface area contributed by atoms with Gasteiger partial charge in [-0.1, -0.05) is 42.0 Å². The number of benzene rings is 2. The van der Waals surface area contributed by atoms with Crippen LogP contribution in [0.15, 0.2) is 67.0 Å². The molecule has 0 unspecified atom stereocenters. The number of amides is 2. The molecular formula is C29H35N7OS. The minimum absolute atomic E-state index is 0.290. The molecule has 8 nitrogen and oxygen atoms in total. The number of piperidine rings is 1. The van der Waals surface area contributed by atoms with Gasteiger partial charge in [0.05, 0.1) is 28.6 Å². The average Bonchev–Trinajstić information content (AvgIpc) is 3.27. The number of urea groups is 1. The summed E-state index contributed by atoms with van der Waals surface area (Å²) in [6.45, 7) is 6.06. The summed E-state index contributed by atoms with van der Waals surface area (Å²) in [7, 11) is 0. The van der Waals surface area contributed by atoms with Gasteiger partial charge in [-0.05, 0) is 74.5 Å². The number of nitrogen functional groups attached to an aromatic ring is 1. The van der Waals surface area contributed by atoms with Crippen molar-refractivity contribution < 1.29 is 4.79 Å². The Morgan fingerprint density at radius 3 is 2.68 bits per heavy atom. The number of aryl methyl sites for hydroxylation is 1. The fourth-order valence-corrected chi connectivity index (χ4v) is 5.59. The molecule has 0 bridgehead atoms. The number of nitrogens with zero attached hydrogens (tertiary/aromatic N) is 4. The number of nitrogens with two attached hydrogens (primary N) is 1. The van der Waals surface area contributed by atoms with Gasteiger partial charge in [-0.15, -0.1) is 0 Å². The molecule has 2 amide bonds. The molecule has 4 aromatic rings. The lowest BCUT2D eigenvalue weighted by molar-refractivity contribution is 0.191. The highest BCUT2D eigenvalue weighted by Gasteiger charge is 2.22. The number of hydrogen-bond acceptors (Lipinski definition) is 6. The van der Waals surface area contributed by atoms with E-state index < -0.39 is 0 Å². The number of nitrogens with one attached hydrogen (secondary N) is 2. The van der Waals surface area contributed by atoms with Crippen molar-refractivity contribution in [3.05, 3.63) is 83.9 Å². The number of aromatic nitrogens is 3. The number of likely N-dealkylation sites (tertiary alicyclic amines) is 1. The number of carbonyl (C=O) groups is 1. The number of hydrogen-bond donors (Lipinski definition) is 3. The van der Waals surface area contributed by atoms with Gasteiger partial charge in [-0.25, -0.2) is 9.78 Å². The van der Waals surface area contributed by atoms with Crippen LogP contribution >= 0.6 is 11.9 Å². The molecule has 2 aromatic heterocycles. The Labute approximate surface area is 228 Å². The first kappa shape index (κ1) is 26.1. The van der Waals surface area contributed by atoms with Gasteiger partial charge in [0.25, 0.3) is 0 Å². The first-order valence-electron chi connectivity index (χ1n) is 13.2. The standard InChI is InChI=1S/C29H35N7OS/c1-21-6-8-23(9-7-21)20-36-27-5-3-2-4-25(27)32-28(36)18-22-11-14-35(15-12-22)16-17-38-34-29(37)33-26-19-31-13-10-24(26)30/h2-10,13,19,22H,11-12,14-18,20H2,1H3,(H2,30,31)(H2,33,34,37). The highest BCUT2D eigenvalue weighted by molar-refractivity contribution is 7.97. The summed E-state index contributed by atoms with van der Waals surface area (Å²) >= 11 is 1.41. The second-order valence-electron chi connectivity index (χ2n) is 9.95. The van der Waals surface area contributed by atoms with Crippen molar-refractivity contribution in [2.45, 2.75) is 32.7 Å². The van der Waals surface area contributed by atoms with Crippen LogP contribution in [0.2, 0.25) is 0 Å². The van der Waals surface area contributed by atoms with Crippen LogP contribution in [0, 0.1) is 12.8 Å². The molecule has 0 saturated carbocycles. The lowest BCUT2D eigenvalue weighted by Gasteiger charge is -2.31. The highest BCUT2D eigenvalue weighted by atomic mass is 32.2. The lowest BCUT2D eigenvalue weighted by atomic mass is 9.93. The molecule has 3 heterocycles. The molecule has 1 saturated heterocycles. The number of carbonyl (C=O) groups excluding carboxylic acids is 1. The van der Waals surface area contributed by atoms with E-state index in [1.807, 2.05) is 0 Å². The maximum Gasteiger partial charge on any atom is 0.329 e. The second kappa shape index (κ2) is 12.3. The van der Waals surface area contributed by atoms with Gasteiger partial charge in [0.1, 0.15) is 5.82 Å². The monoisotopic (exact) mass is 529 g/mol. The Bertz CT molecular complexity index is 1360. The number of pyridine rings is 1. The third kappa shape index (κ3) is 6.65. The van der Waals surface area contributed by atoms with E-state index in [1.54, 1.807) is 18.5 Å². The van der Waals surface area contributed by atoms with Crippen LogP contribution < -0.4 is 15.8 Å². The summed E-state index contributed by atoms with van der Waals surface area (Å²) in [5, 5.41) is 2.73. The molecule has 4 N–H and O–H groups in total. The van der Waals surface area contributed by atoms with Crippen LogP contribution in [0.3, 0.4) is 0 Å². The quantitative estimate of drug-likeness (QED) is 0.206. The summed E-state index contributed by atoms with van der Waals surface area (Å²) < 4.78 is 5.23. The third-order valence-corrected chi connectivity index (χ3v) is 7.87. The smallest absolute Gasteiger partial charge is 0.329 e. The highest BCUT2D eigenvalue weighted by Crippen LogP contribution is 2.25. The van der Waals surface area contributed by atoms with E-state index in [-0.39, 0.29) is 6.03 Å². The summed E-state index contributed by atoms with van der Waals surface area (Å²) in [4.78, 5) is 23.6. The van der Waals surface area contributed by atoms with Crippen LogP contribution in [0.4, 0.5) is 16.2 Å². The zero-order valence-electron chi connectivity index (χ0n) is 21.8. The number of para-hydroxylation sites is 2. The lowest BCUT2D eigenvalue weighted by Crippen LogP contribution is -2.36. The van der Waals surface area contributed by atoms with Gasteiger partial charge < -0.3 is 20.5 Å². The molecule has 0 radical (unpaired) electrons. The molecule has 1 aliphatic rings. The van der Waals surface area contributed by atoms with E-state index in [9.17, 15) is 4.79 Å². The van der Waals surface area contributed by atoms with Crippen LogP contribution in [-0.2, 0) is 13.0 Å². The molecule has 5 rings (SSSR count). The van der Waals surface area contributed by atoms with E-state index in [0.29, 0.717) is 17.3 Å². The largest absolute Gasteiger partial charge is 0.397 e. The van der Waals surface area contributed by atoms with E-state index in [0.717, 1.165) is 56.7 Å². The topological polar surface area (TPSA) is 101 Å². The van der Waals surface area contributed by atoms with Gasteiger partial charge in [0.15, 0.2) is 0 Å². The van der Waals surface area contributed by atoms with Crippen LogP contribution in [0.5, 0.6) is 0 Å². The van der Waals surface area contributed by atoms with Crippen LogP contribution in [-0.4, -0.2) is 50.9 Å². The van der Waals surface area contributed by atoms with Crippen molar-refractivity contribution in [1.82, 2.24) is 24.2 Å². The Balaban J connectivity index is 1.09. The fourth-order valence-electron chi connectivity index (χ4n) is 4.95. The van der Waals surface area contributed by atoms with E-state index in [4.69, 9.17) is 10.7 Å². The minimum atomic E-state index is -0.290. The molecule has 0 aliphatic carbocycles. The van der Waals surface area contributed by atoms with Gasteiger partial charge in [0, 0.05) is 31.5 Å². The number of fused-ring (bicyclic) bond motifs is 1. The molecule has 1 fully saturated rings. The SMILES string of the molecule is Cc1ccc(Cn2c(CC3CCN(CCSNC(=O)Nc4cnccc4N)CC3)nc3ccccc32)cc1. The molecule has 0 atom stereocenters. The van der Waals surface area contributed by atoms with Crippen LogP contribution in [0.25, 0.3) is 11.0 Å². The van der Waals surface area contributed by atoms with Gasteiger partial charge in [-0.3, -0.25) is 9.71 Å². The van der Waals surface area contributed by atoms with E-state index >= 15 is 0 Å². The summed E-state index contributed by atoms with van der Waals surface area (Å²) in [6, 6.07) is 18.6. The Kier molecular flexibility index (Phi) is 8.45. The number of rotatable bonds is 9. The van der Waals surface area contributed by atoms with Crippen molar-refractivity contribution in [2.24, 2.45) is 5.92 Å². The van der Waals surface area contributed by atoms with Crippen molar-refractivity contribution in [1.29, 1.82) is 0 Å². The summed E-state index contributed by atoms with van der Waals surface area (Å²) in [5.74, 6) is 2.64. The van der Waals surface area contributed by atoms with E-state index in [1.165, 1.54) is 34.4 Å². The zero-order chi connectivity index (χ0) is 26.3. The predicted octanol–water partition coefficient (Wildman–Crippen LogP) is 5.09. The maximum absolute atomic E-state index is 12.1.